The van der Waals surface area contributed by atoms with E-state index in [2.05, 4.69) is 12.2 Å². The number of alkyl halides is 3. The molecule has 0 saturated heterocycles. The average molecular weight is 946 g/mol. The van der Waals surface area contributed by atoms with Crippen molar-refractivity contribution in [2.75, 3.05) is 144 Å². The second kappa shape index (κ2) is 43.4. The van der Waals surface area contributed by atoms with Gasteiger partial charge in [0.2, 0.25) is 0 Å². The average Bonchev–Trinajstić information content (AvgIpc) is 3.31. The third kappa shape index (κ3) is 35.3. The van der Waals surface area contributed by atoms with Gasteiger partial charge in [-0.25, -0.2) is 4.79 Å². The van der Waals surface area contributed by atoms with Crippen molar-refractivity contribution >= 4 is 17.3 Å². The minimum Gasteiger partial charge on any atom is -0.460 e. The first-order valence-corrected chi connectivity index (χ1v) is 24.4. The number of para-hydroxylation sites is 1. The van der Waals surface area contributed by atoms with Crippen molar-refractivity contribution in [3.63, 3.8) is 0 Å². The lowest BCUT2D eigenvalue weighted by Gasteiger charge is -2.13. The molecule has 0 bridgehead atoms. The summed E-state index contributed by atoms with van der Waals surface area (Å²) in [5.41, 5.74) is -0.0835. The van der Waals surface area contributed by atoms with E-state index >= 15 is 0 Å². The summed E-state index contributed by atoms with van der Waals surface area (Å²) in [5, 5.41) is 2.86. The largest absolute Gasteiger partial charge is 0.460 e. The lowest BCUT2D eigenvalue weighted by molar-refractivity contribution is -0.137. The van der Waals surface area contributed by atoms with E-state index < -0.39 is 17.7 Å². The molecule has 0 aliphatic rings. The molecule has 0 unspecified atom stereocenters. The van der Waals surface area contributed by atoms with Gasteiger partial charge in [-0.2, -0.15) is 13.2 Å². The lowest BCUT2D eigenvalue weighted by atomic mass is 10.0. The molecule has 380 valence electrons. The Morgan fingerprint density at radius 1 is 0.424 bits per heavy atom. The van der Waals surface area contributed by atoms with Crippen LogP contribution in [0.3, 0.4) is 0 Å². The molecule has 0 spiro atoms. The van der Waals surface area contributed by atoms with Gasteiger partial charge in [-0.3, -0.25) is 0 Å². The molecule has 0 aromatic heterocycles. The topological polar surface area (TPSA) is 131 Å². The van der Waals surface area contributed by atoms with Crippen LogP contribution in [0.25, 0.3) is 0 Å². The minimum atomic E-state index is -4.48. The Labute approximate surface area is 393 Å². The quantitative estimate of drug-likeness (QED) is 0.0499. The molecular formula is C50H82F3NO12. The SMILES string of the molecule is CCCCCCCCCCCCCCCCOCCOCCOCCOCCOCCOCCOCCOCCOCCOCCOC(=O)c1ccccc1Nc1cccc(C(F)(F)F)c1. The highest BCUT2D eigenvalue weighted by atomic mass is 19.4. The zero-order chi connectivity index (χ0) is 47.3. The van der Waals surface area contributed by atoms with Crippen LogP contribution in [-0.2, 0) is 58.3 Å². The molecule has 0 amide bonds. The summed E-state index contributed by atoms with van der Waals surface area (Å²) in [6.45, 7) is 11.7. The number of nitrogens with one attached hydrogen (secondary N) is 1. The Bertz CT molecular complexity index is 1390. The predicted molar refractivity (Wildman–Crippen MR) is 250 cm³/mol. The van der Waals surface area contributed by atoms with Gasteiger partial charge in [0, 0.05) is 12.3 Å². The van der Waals surface area contributed by atoms with Crippen molar-refractivity contribution in [2.24, 2.45) is 0 Å². The summed E-state index contributed by atoms with van der Waals surface area (Å²) < 4.78 is 99.8. The van der Waals surface area contributed by atoms with E-state index in [9.17, 15) is 18.0 Å². The Morgan fingerprint density at radius 3 is 1.17 bits per heavy atom. The molecule has 0 aliphatic carbocycles. The van der Waals surface area contributed by atoms with Crippen LogP contribution in [-0.4, -0.2) is 145 Å². The van der Waals surface area contributed by atoms with E-state index in [1.165, 1.54) is 102 Å². The van der Waals surface area contributed by atoms with E-state index in [1.807, 2.05) is 0 Å². The molecular weight excluding hydrogens is 864 g/mol. The molecule has 16 heteroatoms. The van der Waals surface area contributed by atoms with Crippen LogP contribution in [0, 0.1) is 0 Å². The number of ether oxygens (including phenoxy) is 11. The van der Waals surface area contributed by atoms with Crippen LogP contribution >= 0.6 is 0 Å². The first-order valence-electron chi connectivity index (χ1n) is 24.4. The number of halogens is 3. The second-order valence-corrected chi connectivity index (χ2v) is 15.6. The molecule has 13 nitrogen and oxygen atoms in total. The van der Waals surface area contributed by atoms with E-state index in [-0.39, 0.29) is 24.5 Å². The Kier molecular flexibility index (Phi) is 38.9. The highest BCUT2D eigenvalue weighted by Gasteiger charge is 2.30. The molecule has 0 saturated carbocycles. The molecule has 0 aliphatic heterocycles. The van der Waals surface area contributed by atoms with Crippen LogP contribution in [0.15, 0.2) is 48.5 Å². The zero-order valence-corrected chi connectivity index (χ0v) is 39.9. The maximum atomic E-state index is 13.1. The van der Waals surface area contributed by atoms with Crippen molar-refractivity contribution in [1.29, 1.82) is 0 Å². The van der Waals surface area contributed by atoms with Gasteiger partial charge in [-0.15, -0.1) is 0 Å². The number of rotatable bonds is 48. The summed E-state index contributed by atoms with van der Waals surface area (Å²) in [6, 6.07) is 11.2. The summed E-state index contributed by atoms with van der Waals surface area (Å²) in [6.07, 6.45) is 14.6. The van der Waals surface area contributed by atoms with Gasteiger partial charge in [-0.1, -0.05) is 109 Å². The number of unbranched alkanes of at least 4 members (excludes halogenated alkanes) is 13. The van der Waals surface area contributed by atoms with Crippen LogP contribution in [0.4, 0.5) is 24.5 Å². The molecule has 2 rings (SSSR count). The normalized spacial score (nSPS) is 11.7. The van der Waals surface area contributed by atoms with Crippen molar-refractivity contribution in [3.8, 4) is 0 Å². The van der Waals surface area contributed by atoms with Crippen molar-refractivity contribution < 1.29 is 70.1 Å². The van der Waals surface area contributed by atoms with Crippen molar-refractivity contribution in [1.82, 2.24) is 0 Å². The summed E-state index contributed by atoms with van der Waals surface area (Å²) in [5.74, 6) is -0.627. The number of carbonyl (C=O) groups is 1. The second-order valence-electron chi connectivity index (χ2n) is 15.6. The zero-order valence-electron chi connectivity index (χ0n) is 39.9. The number of esters is 1. The summed E-state index contributed by atoms with van der Waals surface area (Å²) in [4.78, 5) is 12.6. The highest BCUT2D eigenvalue weighted by Crippen LogP contribution is 2.32. The molecule has 1 N–H and O–H groups in total. The van der Waals surface area contributed by atoms with Crippen molar-refractivity contribution in [2.45, 2.75) is 103 Å². The van der Waals surface area contributed by atoms with E-state index in [1.54, 1.807) is 18.2 Å². The maximum Gasteiger partial charge on any atom is 0.416 e. The number of carbonyl (C=O) groups excluding carboxylic acids is 1. The maximum absolute atomic E-state index is 13.1. The summed E-state index contributed by atoms with van der Waals surface area (Å²) >= 11 is 0. The van der Waals surface area contributed by atoms with Crippen LogP contribution in [0.2, 0.25) is 0 Å². The van der Waals surface area contributed by atoms with Gasteiger partial charge in [0.25, 0.3) is 0 Å². The standard InChI is InChI=1S/C50H82F3NO12/c1-2-3-4-5-6-7-8-9-10-11-12-13-14-17-23-56-24-25-57-26-27-58-28-29-59-30-31-60-32-33-61-34-35-62-36-37-63-38-39-64-40-41-65-42-43-66-49(55)47-21-15-16-22-48(47)54-46-20-18-19-45(44-46)50(51,52)53/h15-16,18-22,44,54H,2-14,17,23-43H2,1H3. The number of hydrogen-bond donors (Lipinski definition) is 1. The molecule has 0 radical (unpaired) electrons. The van der Waals surface area contributed by atoms with Gasteiger partial charge >= 0.3 is 12.1 Å². The van der Waals surface area contributed by atoms with Gasteiger partial charge in [-0.05, 0) is 36.8 Å². The van der Waals surface area contributed by atoms with Crippen LogP contribution in [0.1, 0.15) is 113 Å². The highest BCUT2D eigenvalue weighted by molar-refractivity contribution is 5.96. The van der Waals surface area contributed by atoms with Crippen molar-refractivity contribution in [3.05, 3.63) is 59.7 Å². The van der Waals surface area contributed by atoms with Crippen LogP contribution < -0.4 is 5.32 Å². The van der Waals surface area contributed by atoms with Gasteiger partial charge < -0.3 is 57.4 Å². The minimum absolute atomic E-state index is 0.000654. The monoisotopic (exact) mass is 946 g/mol. The van der Waals surface area contributed by atoms with E-state index in [0.717, 1.165) is 25.2 Å². The molecule has 66 heavy (non-hydrogen) atoms. The Morgan fingerprint density at radius 2 is 0.773 bits per heavy atom. The molecule has 0 heterocycles. The predicted octanol–water partition coefficient (Wildman–Crippen LogP) is 10.3. The molecule has 2 aromatic carbocycles. The van der Waals surface area contributed by atoms with Gasteiger partial charge in [0.1, 0.15) is 6.61 Å². The Hall–Kier alpha value is -2.90. The third-order valence-electron chi connectivity index (χ3n) is 10.1. The lowest BCUT2D eigenvalue weighted by Crippen LogP contribution is -2.16. The van der Waals surface area contributed by atoms with Gasteiger partial charge in [0.15, 0.2) is 0 Å². The number of anilines is 2. The Balaban J connectivity index is 1.21. The first-order chi connectivity index (χ1) is 32.4. The summed E-state index contributed by atoms with van der Waals surface area (Å²) in [7, 11) is 0. The number of hydrogen-bond acceptors (Lipinski definition) is 13. The fraction of sp³-hybridized carbons (Fsp3) is 0.740. The fourth-order valence-electron chi connectivity index (χ4n) is 6.45. The third-order valence-corrected chi connectivity index (χ3v) is 10.1. The molecule has 2 aromatic rings. The number of benzene rings is 2. The smallest absolute Gasteiger partial charge is 0.416 e. The van der Waals surface area contributed by atoms with E-state index in [0.29, 0.717) is 125 Å². The van der Waals surface area contributed by atoms with E-state index in [4.69, 9.17) is 52.1 Å². The molecule has 0 fully saturated rings. The van der Waals surface area contributed by atoms with Crippen LogP contribution in [0.5, 0.6) is 0 Å². The fourth-order valence-corrected chi connectivity index (χ4v) is 6.45. The van der Waals surface area contributed by atoms with Gasteiger partial charge in [0.05, 0.1) is 142 Å². The molecule has 0 atom stereocenters. The first kappa shape index (κ1) is 59.2.